The highest BCUT2D eigenvalue weighted by atomic mass is 32.2. The van der Waals surface area contributed by atoms with E-state index >= 15 is 0 Å². The molecular formula is C30H22S4. The lowest BCUT2D eigenvalue weighted by Crippen LogP contribution is -1.79. The summed E-state index contributed by atoms with van der Waals surface area (Å²) in [5.41, 5.74) is 0. The molecule has 0 bridgehead atoms. The van der Waals surface area contributed by atoms with Crippen LogP contribution >= 0.6 is 47.0 Å². The highest BCUT2D eigenvalue weighted by Crippen LogP contribution is 2.36. The molecule has 5 aromatic carbocycles. The first-order chi connectivity index (χ1) is 16.8. The zero-order valence-electron chi connectivity index (χ0n) is 18.3. The maximum absolute atomic E-state index is 2.26. The summed E-state index contributed by atoms with van der Waals surface area (Å²) in [5.74, 6) is 0. The topological polar surface area (TPSA) is 0 Å². The molecule has 0 aliphatic carbocycles. The Kier molecular flexibility index (Phi) is 8.05. The molecule has 34 heavy (non-hydrogen) atoms. The SMILES string of the molecule is c1ccc(Sc2ccc(Sc3ccc(Sc4cccc(Sc5ccccc5)c4)cc3)cc2)cc1. The van der Waals surface area contributed by atoms with Crippen molar-refractivity contribution in [1.82, 2.24) is 0 Å². The maximum Gasteiger partial charge on any atom is 0.0133 e. The third-order valence-electron chi connectivity index (χ3n) is 4.88. The molecule has 0 atom stereocenters. The van der Waals surface area contributed by atoms with Gasteiger partial charge in [0.25, 0.3) is 0 Å². The summed E-state index contributed by atoms with van der Waals surface area (Å²) in [6.07, 6.45) is 0. The number of rotatable bonds is 8. The van der Waals surface area contributed by atoms with Crippen LogP contribution in [-0.2, 0) is 0 Å². The van der Waals surface area contributed by atoms with Gasteiger partial charge in [0.1, 0.15) is 0 Å². The molecule has 0 saturated carbocycles. The Morgan fingerprint density at radius 3 is 0.853 bits per heavy atom. The number of hydrogen-bond acceptors (Lipinski definition) is 4. The molecule has 0 aliphatic heterocycles. The molecule has 0 nitrogen and oxygen atoms in total. The third kappa shape index (κ3) is 6.77. The molecule has 0 aliphatic rings. The van der Waals surface area contributed by atoms with Crippen LogP contribution in [0, 0.1) is 0 Å². The lowest BCUT2D eigenvalue weighted by atomic mass is 10.4. The summed E-state index contributed by atoms with van der Waals surface area (Å²) in [6, 6.07) is 47.4. The van der Waals surface area contributed by atoms with Gasteiger partial charge < -0.3 is 0 Å². The molecule has 5 aromatic rings. The third-order valence-corrected chi connectivity index (χ3v) is 8.91. The fraction of sp³-hybridized carbons (Fsp3) is 0. The zero-order chi connectivity index (χ0) is 23.0. The highest BCUT2D eigenvalue weighted by molar-refractivity contribution is 8.00. The van der Waals surface area contributed by atoms with Gasteiger partial charge in [-0.15, -0.1) is 0 Å². The van der Waals surface area contributed by atoms with Gasteiger partial charge in [0.2, 0.25) is 0 Å². The van der Waals surface area contributed by atoms with Crippen molar-refractivity contribution in [3.8, 4) is 0 Å². The summed E-state index contributed by atoms with van der Waals surface area (Å²) in [6.45, 7) is 0. The lowest BCUT2D eigenvalue weighted by Gasteiger charge is -2.07. The molecule has 0 aromatic heterocycles. The number of hydrogen-bond donors (Lipinski definition) is 0. The average Bonchev–Trinajstić information content (AvgIpc) is 2.88. The zero-order valence-corrected chi connectivity index (χ0v) is 21.6. The van der Waals surface area contributed by atoms with E-state index < -0.39 is 0 Å². The van der Waals surface area contributed by atoms with Gasteiger partial charge in [-0.1, -0.05) is 89.5 Å². The van der Waals surface area contributed by atoms with E-state index in [4.69, 9.17) is 0 Å². The molecule has 4 heteroatoms. The molecule has 5 rings (SSSR count). The van der Waals surface area contributed by atoms with Crippen molar-refractivity contribution in [1.29, 1.82) is 0 Å². The molecule has 0 saturated heterocycles. The molecule has 0 radical (unpaired) electrons. The summed E-state index contributed by atoms with van der Waals surface area (Å²) < 4.78 is 0. The smallest absolute Gasteiger partial charge is 0.0133 e. The van der Waals surface area contributed by atoms with Gasteiger partial charge in [-0.3, -0.25) is 0 Å². The standard InChI is InChI=1S/C30H22S4/c1-3-8-23(9-4-1)31-25-14-16-26(17-15-25)32-27-18-20-28(21-19-27)34-30-13-7-12-29(22-30)33-24-10-5-2-6-11-24/h1-22H. The predicted molar refractivity (Wildman–Crippen MR) is 149 cm³/mol. The molecule has 0 N–H and O–H groups in total. The summed E-state index contributed by atoms with van der Waals surface area (Å²) in [4.78, 5) is 10.1. The van der Waals surface area contributed by atoms with Gasteiger partial charge in [-0.2, -0.15) is 0 Å². The minimum Gasteiger partial charge on any atom is -0.0901 e. The van der Waals surface area contributed by atoms with Crippen LogP contribution in [0.25, 0.3) is 0 Å². The van der Waals surface area contributed by atoms with Crippen LogP contribution < -0.4 is 0 Å². The minimum absolute atomic E-state index is 1.25. The number of benzene rings is 5. The first-order valence-corrected chi connectivity index (χ1v) is 14.2. The van der Waals surface area contributed by atoms with E-state index in [1.165, 1.54) is 39.2 Å². The molecule has 0 spiro atoms. The van der Waals surface area contributed by atoms with Crippen LogP contribution in [0.15, 0.2) is 173 Å². The Morgan fingerprint density at radius 2 is 0.500 bits per heavy atom. The fourth-order valence-corrected chi connectivity index (χ4v) is 6.78. The van der Waals surface area contributed by atoms with Gasteiger partial charge in [0.15, 0.2) is 0 Å². The second-order valence-electron chi connectivity index (χ2n) is 7.45. The molecule has 0 fully saturated rings. The van der Waals surface area contributed by atoms with E-state index in [9.17, 15) is 0 Å². The lowest BCUT2D eigenvalue weighted by molar-refractivity contribution is 1.29. The Hall–Kier alpha value is -2.50. The van der Waals surface area contributed by atoms with Crippen molar-refractivity contribution < 1.29 is 0 Å². The van der Waals surface area contributed by atoms with Gasteiger partial charge in [0.05, 0.1) is 0 Å². The normalized spacial score (nSPS) is 10.8. The average molecular weight is 511 g/mol. The maximum atomic E-state index is 2.26. The summed E-state index contributed by atoms with van der Waals surface area (Å²) in [7, 11) is 0. The molecule has 0 amide bonds. The van der Waals surface area contributed by atoms with Crippen molar-refractivity contribution in [2.45, 2.75) is 39.2 Å². The monoisotopic (exact) mass is 510 g/mol. The minimum atomic E-state index is 1.25. The first kappa shape index (κ1) is 23.3. The Morgan fingerprint density at radius 1 is 0.235 bits per heavy atom. The van der Waals surface area contributed by atoms with E-state index in [1.54, 1.807) is 47.0 Å². The highest BCUT2D eigenvalue weighted by Gasteiger charge is 2.04. The van der Waals surface area contributed by atoms with E-state index in [-0.39, 0.29) is 0 Å². The van der Waals surface area contributed by atoms with Crippen LogP contribution in [0.4, 0.5) is 0 Å². The Labute approximate surface area is 218 Å². The van der Waals surface area contributed by atoms with Crippen molar-refractivity contribution in [2.75, 3.05) is 0 Å². The van der Waals surface area contributed by atoms with E-state index in [1.807, 2.05) is 0 Å². The van der Waals surface area contributed by atoms with Crippen LogP contribution in [0.5, 0.6) is 0 Å². The Balaban J connectivity index is 1.18. The van der Waals surface area contributed by atoms with Crippen molar-refractivity contribution in [3.63, 3.8) is 0 Å². The summed E-state index contributed by atoms with van der Waals surface area (Å²) in [5, 5.41) is 0. The Bertz CT molecular complexity index is 1320. The second-order valence-corrected chi connectivity index (χ2v) is 12.0. The fourth-order valence-electron chi connectivity index (χ4n) is 3.27. The van der Waals surface area contributed by atoms with Crippen LogP contribution in [0.3, 0.4) is 0 Å². The molecule has 166 valence electrons. The first-order valence-electron chi connectivity index (χ1n) is 10.9. The van der Waals surface area contributed by atoms with Gasteiger partial charge in [0, 0.05) is 39.2 Å². The van der Waals surface area contributed by atoms with Gasteiger partial charge >= 0.3 is 0 Å². The predicted octanol–water partition coefficient (Wildman–Crippen LogP) is 10.3. The van der Waals surface area contributed by atoms with E-state index in [0.29, 0.717) is 0 Å². The van der Waals surface area contributed by atoms with Crippen molar-refractivity contribution >= 4 is 47.0 Å². The van der Waals surface area contributed by atoms with Crippen LogP contribution in [-0.4, -0.2) is 0 Å². The quantitative estimate of drug-likeness (QED) is 0.203. The van der Waals surface area contributed by atoms with Crippen molar-refractivity contribution in [3.05, 3.63) is 133 Å². The van der Waals surface area contributed by atoms with Crippen LogP contribution in [0.2, 0.25) is 0 Å². The van der Waals surface area contributed by atoms with E-state index in [2.05, 4.69) is 133 Å². The second kappa shape index (κ2) is 11.8. The molecular weight excluding hydrogens is 489 g/mol. The summed E-state index contributed by atoms with van der Waals surface area (Å²) >= 11 is 7.20. The van der Waals surface area contributed by atoms with Crippen molar-refractivity contribution in [2.24, 2.45) is 0 Å². The molecule has 0 unspecified atom stereocenters. The van der Waals surface area contributed by atoms with E-state index in [0.717, 1.165) is 0 Å². The van der Waals surface area contributed by atoms with Crippen LogP contribution in [0.1, 0.15) is 0 Å². The largest absolute Gasteiger partial charge is 0.0901 e. The van der Waals surface area contributed by atoms with Gasteiger partial charge in [-0.05, 0) is 91.0 Å². The molecule has 0 heterocycles. The van der Waals surface area contributed by atoms with Gasteiger partial charge in [-0.25, -0.2) is 0 Å².